The van der Waals surface area contributed by atoms with Crippen LogP contribution in [0.5, 0.6) is 5.88 Å². The smallest absolute Gasteiger partial charge is 0.271 e. The Kier molecular flexibility index (Phi) is 6.97. The monoisotopic (exact) mass is 490 g/mol. The van der Waals surface area contributed by atoms with Gasteiger partial charge in [-0.25, -0.2) is 22.5 Å². The summed E-state index contributed by atoms with van der Waals surface area (Å²) in [6.45, 7) is 2.58. The molecule has 1 N–H and O–H groups in total. The summed E-state index contributed by atoms with van der Waals surface area (Å²) >= 11 is 0. The number of halogens is 4. The summed E-state index contributed by atoms with van der Waals surface area (Å²) in [6.07, 6.45) is 2.13. The normalized spacial score (nSPS) is 17.3. The highest BCUT2D eigenvalue weighted by atomic mass is 19.3. The maximum absolute atomic E-state index is 14.6. The molecule has 0 saturated carbocycles. The van der Waals surface area contributed by atoms with Gasteiger partial charge in [-0.15, -0.1) is 0 Å². The van der Waals surface area contributed by atoms with Crippen molar-refractivity contribution in [3.05, 3.63) is 65.7 Å². The molecular weight excluding hydrogens is 468 g/mol. The van der Waals surface area contributed by atoms with E-state index in [4.69, 9.17) is 9.47 Å². The largest absolute Gasteiger partial charge is 0.473 e. The van der Waals surface area contributed by atoms with Crippen LogP contribution in [0.25, 0.3) is 11.3 Å². The second-order valence-electron chi connectivity index (χ2n) is 8.28. The molecule has 1 atom stereocenters. The third kappa shape index (κ3) is 5.56. The van der Waals surface area contributed by atoms with E-state index in [9.17, 15) is 22.4 Å². The second kappa shape index (κ2) is 9.95. The zero-order valence-electron chi connectivity index (χ0n) is 18.9. The van der Waals surface area contributed by atoms with Crippen LogP contribution in [-0.4, -0.2) is 39.5 Å². The third-order valence-corrected chi connectivity index (χ3v) is 5.22. The molecule has 184 valence electrons. The Hall–Kier alpha value is -3.60. The minimum atomic E-state index is -2.98. The fraction of sp³-hybridized carbons (Fsp3) is 0.333. The summed E-state index contributed by atoms with van der Waals surface area (Å²) in [4.78, 5) is 25.2. The number of hydrogen-bond acceptors (Lipinski definition) is 6. The number of hydrogen-bond donors (Lipinski definition) is 1. The number of nitrogens with zero attached hydrogens (tertiary/aromatic N) is 3. The van der Waals surface area contributed by atoms with E-state index >= 15 is 0 Å². The summed E-state index contributed by atoms with van der Waals surface area (Å²) in [5, 5.41) is 2.60. The quantitative estimate of drug-likeness (QED) is 0.470. The van der Waals surface area contributed by atoms with Gasteiger partial charge in [-0.3, -0.25) is 14.8 Å². The summed E-state index contributed by atoms with van der Waals surface area (Å²) in [5.74, 6) is -5.52. The van der Waals surface area contributed by atoms with Crippen LogP contribution in [0.3, 0.4) is 0 Å². The molecule has 3 aromatic heterocycles. The number of ether oxygens (including phenoxy) is 2. The molecule has 11 heteroatoms. The lowest BCUT2D eigenvalue weighted by Crippen LogP contribution is -2.31. The Morgan fingerprint density at radius 2 is 1.97 bits per heavy atom. The van der Waals surface area contributed by atoms with Crippen LogP contribution in [-0.2, 0) is 4.74 Å². The second-order valence-corrected chi connectivity index (χ2v) is 8.28. The summed E-state index contributed by atoms with van der Waals surface area (Å²) in [6, 6.07) is 4.98. The molecule has 1 saturated heterocycles. The van der Waals surface area contributed by atoms with Gasteiger partial charge >= 0.3 is 0 Å². The molecule has 0 aliphatic carbocycles. The maximum atomic E-state index is 14.6. The molecule has 0 spiro atoms. The summed E-state index contributed by atoms with van der Waals surface area (Å²) in [7, 11) is 0. The van der Waals surface area contributed by atoms with Crippen molar-refractivity contribution in [2.45, 2.75) is 44.8 Å². The first-order chi connectivity index (χ1) is 16.6. The van der Waals surface area contributed by atoms with Crippen LogP contribution in [0.2, 0.25) is 0 Å². The molecule has 0 radical (unpaired) electrons. The van der Waals surface area contributed by atoms with Crippen LogP contribution >= 0.6 is 0 Å². The minimum Gasteiger partial charge on any atom is -0.473 e. The van der Waals surface area contributed by atoms with Crippen molar-refractivity contribution in [2.75, 3.05) is 11.9 Å². The van der Waals surface area contributed by atoms with Gasteiger partial charge in [0.05, 0.1) is 23.0 Å². The molecule has 1 aliphatic heterocycles. The fourth-order valence-electron chi connectivity index (χ4n) is 3.62. The Labute approximate surface area is 198 Å². The number of carbonyl (C=O) groups excluding carboxylic acids is 1. The standard InChI is InChI=1S/C24H22F4N4O3/c1-13(2)35-23-17(26)10-14(11-31-23)22(33)32-20-15(19-16(25)4-3-8-29-19)6-9-30-21(20)18-5-7-24(27,28)12-34-18/h3-4,6,8-11,13,18H,5,7,12H2,1-2H3,(H,32,33)/t18-/m1/s1. The Morgan fingerprint density at radius 3 is 2.63 bits per heavy atom. The van der Waals surface area contributed by atoms with Gasteiger partial charge in [-0.2, -0.15) is 0 Å². The van der Waals surface area contributed by atoms with Crippen LogP contribution in [0.1, 0.15) is 48.8 Å². The highest BCUT2D eigenvalue weighted by molar-refractivity contribution is 6.06. The van der Waals surface area contributed by atoms with Crippen molar-refractivity contribution in [1.82, 2.24) is 15.0 Å². The zero-order valence-corrected chi connectivity index (χ0v) is 18.9. The molecule has 3 aromatic rings. The molecule has 35 heavy (non-hydrogen) atoms. The van der Waals surface area contributed by atoms with Crippen molar-refractivity contribution in [3.63, 3.8) is 0 Å². The molecule has 0 bridgehead atoms. The number of pyridine rings is 3. The fourth-order valence-corrected chi connectivity index (χ4v) is 3.62. The predicted octanol–water partition coefficient (Wildman–Crippen LogP) is 5.34. The molecule has 0 unspecified atom stereocenters. The maximum Gasteiger partial charge on any atom is 0.271 e. The van der Waals surface area contributed by atoms with Crippen molar-refractivity contribution < 1.29 is 31.8 Å². The summed E-state index contributed by atoms with van der Waals surface area (Å²) in [5.41, 5.74) is 0.0860. The van der Waals surface area contributed by atoms with Crippen molar-refractivity contribution in [2.24, 2.45) is 0 Å². The molecule has 0 aromatic carbocycles. The van der Waals surface area contributed by atoms with E-state index in [1.165, 1.54) is 30.6 Å². The first-order valence-corrected chi connectivity index (χ1v) is 10.9. The number of amides is 1. The van der Waals surface area contributed by atoms with Crippen molar-refractivity contribution >= 4 is 11.6 Å². The lowest BCUT2D eigenvalue weighted by molar-refractivity contribution is -0.146. The molecule has 1 amide bonds. The van der Waals surface area contributed by atoms with Crippen molar-refractivity contribution in [1.29, 1.82) is 0 Å². The van der Waals surface area contributed by atoms with E-state index in [1.54, 1.807) is 13.8 Å². The predicted molar refractivity (Wildman–Crippen MR) is 118 cm³/mol. The van der Waals surface area contributed by atoms with E-state index in [2.05, 4.69) is 20.3 Å². The number of aromatic nitrogens is 3. The number of alkyl halides is 2. The van der Waals surface area contributed by atoms with E-state index in [0.29, 0.717) is 0 Å². The Balaban J connectivity index is 1.72. The van der Waals surface area contributed by atoms with E-state index in [0.717, 1.165) is 12.3 Å². The number of nitrogens with one attached hydrogen (secondary N) is 1. The Bertz CT molecular complexity index is 1230. The van der Waals surface area contributed by atoms with Crippen LogP contribution in [0.15, 0.2) is 42.9 Å². The number of anilines is 1. The van der Waals surface area contributed by atoms with Crippen LogP contribution in [0, 0.1) is 11.6 Å². The topological polar surface area (TPSA) is 86.2 Å². The van der Waals surface area contributed by atoms with Crippen molar-refractivity contribution in [3.8, 4) is 17.1 Å². The zero-order chi connectivity index (χ0) is 25.2. The van der Waals surface area contributed by atoms with Gasteiger partial charge in [0, 0.05) is 30.6 Å². The molecule has 4 heterocycles. The van der Waals surface area contributed by atoms with E-state index in [1.807, 2.05) is 0 Å². The molecule has 4 rings (SSSR count). The average molecular weight is 490 g/mol. The third-order valence-electron chi connectivity index (χ3n) is 5.22. The highest BCUT2D eigenvalue weighted by Gasteiger charge is 2.38. The SMILES string of the molecule is CC(C)Oc1ncc(C(=O)Nc2c(-c3ncccc3F)ccnc2[C@H]2CCC(F)(F)CO2)cc1F. The highest BCUT2D eigenvalue weighted by Crippen LogP contribution is 2.40. The number of carbonyl (C=O) groups is 1. The van der Waals surface area contributed by atoms with Gasteiger partial charge in [-0.1, -0.05) is 0 Å². The molecule has 1 fully saturated rings. The van der Waals surface area contributed by atoms with Gasteiger partial charge in [-0.05, 0) is 44.5 Å². The van der Waals surface area contributed by atoms with Gasteiger partial charge in [0.2, 0.25) is 0 Å². The minimum absolute atomic E-state index is 0.0215. The van der Waals surface area contributed by atoms with E-state index < -0.39 is 42.6 Å². The van der Waals surface area contributed by atoms with Gasteiger partial charge in [0.15, 0.2) is 5.82 Å². The van der Waals surface area contributed by atoms with Gasteiger partial charge < -0.3 is 14.8 Å². The summed E-state index contributed by atoms with van der Waals surface area (Å²) < 4.78 is 66.9. The first-order valence-electron chi connectivity index (χ1n) is 10.9. The van der Waals surface area contributed by atoms with Gasteiger partial charge in [0.1, 0.15) is 24.2 Å². The average Bonchev–Trinajstić information content (AvgIpc) is 2.81. The van der Waals surface area contributed by atoms with Crippen LogP contribution in [0.4, 0.5) is 23.2 Å². The van der Waals surface area contributed by atoms with Crippen LogP contribution < -0.4 is 10.1 Å². The first kappa shape index (κ1) is 24.5. The molecule has 7 nitrogen and oxygen atoms in total. The van der Waals surface area contributed by atoms with Gasteiger partial charge in [0.25, 0.3) is 17.7 Å². The lowest BCUT2D eigenvalue weighted by atomic mass is 9.99. The lowest BCUT2D eigenvalue weighted by Gasteiger charge is -2.30. The molecule has 1 aliphatic rings. The van der Waals surface area contributed by atoms with E-state index in [-0.39, 0.29) is 46.6 Å². The number of rotatable bonds is 6. The molecular formula is C24H22F4N4O3. The Morgan fingerprint density at radius 1 is 1.17 bits per heavy atom.